The lowest BCUT2D eigenvalue weighted by Crippen LogP contribution is -1.97. The van der Waals surface area contributed by atoms with E-state index in [1.165, 1.54) is 0 Å². The highest BCUT2D eigenvalue weighted by atomic mass is 32.2. The maximum atomic E-state index is 8.16. The number of fused-ring (bicyclic) bond motifs is 1. The summed E-state index contributed by atoms with van der Waals surface area (Å²) in [5.41, 5.74) is 8.16. The Morgan fingerprint density at radius 1 is 1.28 bits per heavy atom. The van der Waals surface area contributed by atoms with Gasteiger partial charge < -0.3 is 9.47 Å². The minimum Gasteiger partial charge on any atom is -0.490 e. The van der Waals surface area contributed by atoms with Crippen LogP contribution in [0.3, 0.4) is 0 Å². The quantitative estimate of drug-likeness (QED) is 0.268. The molecule has 0 atom stereocenters. The first-order valence-electron chi connectivity index (χ1n) is 5.93. The molecule has 5 nitrogen and oxygen atoms in total. The lowest BCUT2D eigenvalue weighted by atomic mass is 10.3. The van der Waals surface area contributed by atoms with E-state index in [9.17, 15) is 0 Å². The second-order valence-electron chi connectivity index (χ2n) is 3.82. The van der Waals surface area contributed by atoms with Gasteiger partial charge in [-0.15, -0.1) is 11.8 Å². The van der Waals surface area contributed by atoms with Crippen molar-refractivity contribution in [3.63, 3.8) is 0 Å². The van der Waals surface area contributed by atoms with Crippen LogP contribution in [0.15, 0.2) is 28.2 Å². The number of nitrogens with zero attached hydrogens (tertiary/aromatic N) is 3. The Morgan fingerprint density at radius 2 is 2.11 bits per heavy atom. The minimum absolute atomic E-state index is 0.550. The highest BCUT2D eigenvalue weighted by molar-refractivity contribution is 7.99. The van der Waals surface area contributed by atoms with Crippen molar-refractivity contribution >= 4 is 11.8 Å². The molecule has 1 aliphatic rings. The molecule has 0 aromatic heterocycles. The zero-order valence-corrected chi connectivity index (χ0v) is 10.9. The fourth-order valence-corrected chi connectivity index (χ4v) is 2.47. The van der Waals surface area contributed by atoms with Crippen LogP contribution in [-0.4, -0.2) is 25.5 Å². The van der Waals surface area contributed by atoms with Gasteiger partial charge in [0.15, 0.2) is 11.5 Å². The fourth-order valence-electron chi connectivity index (χ4n) is 1.60. The minimum atomic E-state index is 0.550. The van der Waals surface area contributed by atoms with E-state index in [1.54, 1.807) is 11.8 Å². The van der Waals surface area contributed by atoms with Crippen LogP contribution < -0.4 is 9.47 Å². The first-order chi connectivity index (χ1) is 8.90. The molecule has 0 spiro atoms. The molecule has 1 aromatic rings. The molecule has 0 bridgehead atoms. The Kier molecular flexibility index (Phi) is 5.05. The van der Waals surface area contributed by atoms with Gasteiger partial charge in [-0.25, -0.2) is 0 Å². The molecule has 0 unspecified atom stereocenters. The number of rotatable bonds is 5. The van der Waals surface area contributed by atoms with E-state index in [-0.39, 0.29) is 0 Å². The van der Waals surface area contributed by atoms with Crippen molar-refractivity contribution in [2.24, 2.45) is 5.11 Å². The van der Waals surface area contributed by atoms with Crippen molar-refractivity contribution < 1.29 is 9.47 Å². The third-order valence-corrected chi connectivity index (χ3v) is 3.53. The van der Waals surface area contributed by atoms with Crippen LogP contribution in [0.25, 0.3) is 10.4 Å². The highest BCUT2D eigenvalue weighted by Gasteiger charge is 2.10. The van der Waals surface area contributed by atoms with Crippen LogP contribution in [0.1, 0.15) is 12.8 Å². The molecular weight excluding hydrogens is 250 g/mol. The van der Waals surface area contributed by atoms with Crippen LogP contribution in [0.2, 0.25) is 0 Å². The maximum Gasteiger partial charge on any atom is 0.162 e. The number of benzene rings is 1. The predicted molar refractivity (Wildman–Crippen MR) is 71.4 cm³/mol. The van der Waals surface area contributed by atoms with Gasteiger partial charge in [-0.1, -0.05) is 5.11 Å². The van der Waals surface area contributed by atoms with E-state index < -0.39 is 0 Å². The molecule has 0 aliphatic carbocycles. The molecule has 18 heavy (non-hydrogen) atoms. The van der Waals surface area contributed by atoms with E-state index in [0.717, 1.165) is 35.0 Å². The Hall–Kier alpha value is -1.52. The molecule has 0 fully saturated rings. The zero-order valence-electron chi connectivity index (χ0n) is 10.0. The lowest BCUT2D eigenvalue weighted by molar-refractivity contribution is 0.297. The SMILES string of the molecule is [N-]=[N+]=NCCCSc1ccc2c(c1)OCCCO2. The number of hydrogen-bond donors (Lipinski definition) is 0. The number of ether oxygens (including phenoxy) is 2. The smallest absolute Gasteiger partial charge is 0.162 e. The van der Waals surface area contributed by atoms with Crippen LogP contribution in [0, 0.1) is 0 Å². The Balaban J connectivity index is 1.89. The molecule has 0 saturated carbocycles. The monoisotopic (exact) mass is 265 g/mol. The second kappa shape index (κ2) is 7.03. The first kappa shape index (κ1) is 12.9. The van der Waals surface area contributed by atoms with E-state index in [0.29, 0.717) is 19.8 Å². The number of azide groups is 1. The predicted octanol–water partition coefficient (Wildman–Crippen LogP) is 3.64. The summed E-state index contributed by atoms with van der Waals surface area (Å²) in [7, 11) is 0. The summed E-state index contributed by atoms with van der Waals surface area (Å²) in [5.74, 6) is 2.58. The fraction of sp³-hybridized carbons (Fsp3) is 0.500. The summed E-state index contributed by atoms with van der Waals surface area (Å²) >= 11 is 1.73. The van der Waals surface area contributed by atoms with Gasteiger partial charge in [0.1, 0.15) is 0 Å². The Labute approximate surface area is 110 Å². The summed E-state index contributed by atoms with van der Waals surface area (Å²) in [6, 6.07) is 6.00. The van der Waals surface area contributed by atoms with Crippen molar-refractivity contribution in [1.29, 1.82) is 0 Å². The third-order valence-electron chi connectivity index (χ3n) is 2.45. The van der Waals surface area contributed by atoms with Crippen molar-refractivity contribution in [3.8, 4) is 11.5 Å². The van der Waals surface area contributed by atoms with Gasteiger partial charge in [-0.3, -0.25) is 0 Å². The summed E-state index contributed by atoms with van der Waals surface area (Å²) in [6.07, 6.45) is 1.80. The van der Waals surface area contributed by atoms with E-state index in [1.807, 2.05) is 18.2 Å². The summed E-state index contributed by atoms with van der Waals surface area (Å²) in [6.45, 7) is 1.97. The topological polar surface area (TPSA) is 67.2 Å². The average Bonchev–Trinajstić information content (AvgIpc) is 2.63. The molecule has 1 heterocycles. The summed E-state index contributed by atoms with van der Waals surface area (Å²) in [5, 5.41) is 3.51. The summed E-state index contributed by atoms with van der Waals surface area (Å²) in [4.78, 5) is 3.88. The van der Waals surface area contributed by atoms with Crippen LogP contribution in [0.4, 0.5) is 0 Å². The largest absolute Gasteiger partial charge is 0.490 e. The highest BCUT2D eigenvalue weighted by Crippen LogP contribution is 2.33. The molecule has 2 rings (SSSR count). The van der Waals surface area contributed by atoms with Crippen molar-refractivity contribution in [2.75, 3.05) is 25.5 Å². The Morgan fingerprint density at radius 3 is 2.94 bits per heavy atom. The van der Waals surface area contributed by atoms with E-state index in [4.69, 9.17) is 15.0 Å². The molecule has 6 heteroatoms. The van der Waals surface area contributed by atoms with Gasteiger partial charge in [-0.05, 0) is 35.9 Å². The van der Waals surface area contributed by atoms with E-state index >= 15 is 0 Å². The van der Waals surface area contributed by atoms with Gasteiger partial charge in [-0.2, -0.15) is 0 Å². The summed E-state index contributed by atoms with van der Waals surface area (Å²) < 4.78 is 11.2. The van der Waals surface area contributed by atoms with Crippen LogP contribution in [-0.2, 0) is 0 Å². The van der Waals surface area contributed by atoms with Gasteiger partial charge in [0.25, 0.3) is 0 Å². The molecule has 0 amide bonds. The number of thioether (sulfide) groups is 1. The molecule has 0 radical (unpaired) electrons. The van der Waals surface area contributed by atoms with Crippen molar-refractivity contribution in [3.05, 3.63) is 28.6 Å². The second-order valence-corrected chi connectivity index (χ2v) is 4.98. The van der Waals surface area contributed by atoms with Crippen molar-refractivity contribution in [1.82, 2.24) is 0 Å². The van der Waals surface area contributed by atoms with Crippen LogP contribution >= 0.6 is 11.8 Å². The van der Waals surface area contributed by atoms with Crippen LogP contribution in [0.5, 0.6) is 11.5 Å². The standard InChI is InChI=1S/C12H15N3O2S/c13-15-14-5-1-8-18-10-3-4-11-12(9-10)17-7-2-6-16-11/h3-4,9H,1-2,5-8H2. The molecule has 0 N–H and O–H groups in total. The number of hydrogen-bond acceptors (Lipinski definition) is 4. The molecule has 1 aromatic carbocycles. The lowest BCUT2D eigenvalue weighted by Gasteiger charge is -2.08. The first-order valence-corrected chi connectivity index (χ1v) is 6.92. The van der Waals surface area contributed by atoms with Gasteiger partial charge in [0.05, 0.1) is 13.2 Å². The molecule has 1 aliphatic heterocycles. The third kappa shape index (κ3) is 3.75. The maximum absolute atomic E-state index is 8.16. The van der Waals surface area contributed by atoms with Gasteiger partial charge in [0, 0.05) is 22.8 Å². The van der Waals surface area contributed by atoms with Gasteiger partial charge in [0.2, 0.25) is 0 Å². The molecule has 96 valence electrons. The Bertz CT molecular complexity index is 447. The zero-order chi connectivity index (χ0) is 12.6. The average molecular weight is 265 g/mol. The van der Waals surface area contributed by atoms with Gasteiger partial charge >= 0.3 is 0 Å². The van der Waals surface area contributed by atoms with E-state index in [2.05, 4.69) is 10.0 Å². The molecular formula is C12H15N3O2S. The van der Waals surface area contributed by atoms with Crippen molar-refractivity contribution in [2.45, 2.75) is 17.7 Å². The normalized spacial score (nSPS) is 13.6. The molecule has 0 saturated heterocycles.